The third kappa shape index (κ3) is 4.92. The highest BCUT2D eigenvalue weighted by molar-refractivity contribution is 5.90. The molecule has 0 amide bonds. The molecule has 0 spiro atoms. The maximum absolute atomic E-state index is 12.9. The van der Waals surface area contributed by atoms with Gasteiger partial charge in [-0.3, -0.25) is 0 Å². The minimum Gasteiger partial charge on any atom is -0.452 e. The predicted octanol–water partition coefficient (Wildman–Crippen LogP) is 5.13. The van der Waals surface area contributed by atoms with Crippen LogP contribution in [0, 0.1) is 0 Å². The lowest BCUT2D eigenvalue weighted by Crippen LogP contribution is -2.14. The van der Waals surface area contributed by atoms with Gasteiger partial charge >= 0.3 is 18.3 Å². The maximum atomic E-state index is 12.9. The zero-order valence-electron chi connectivity index (χ0n) is 14.2. The summed E-state index contributed by atoms with van der Waals surface area (Å²) >= 11 is 0. The molecule has 3 rings (SSSR count). The van der Waals surface area contributed by atoms with Gasteiger partial charge in [0.2, 0.25) is 5.89 Å². The van der Waals surface area contributed by atoms with Crippen LogP contribution in [0.1, 0.15) is 27.4 Å². The molecule has 3 aromatic rings. The number of benzene rings is 2. The van der Waals surface area contributed by atoms with E-state index in [2.05, 4.69) is 10.2 Å². The number of hydrogen-bond donors (Lipinski definition) is 0. The van der Waals surface area contributed by atoms with Gasteiger partial charge in [-0.25, -0.2) is 4.79 Å². The van der Waals surface area contributed by atoms with Gasteiger partial charge in [-0.2, -0.15) is 26.3 Å². The van der Waals surface area contributed by atoms with Crippen molar-refractivity contribution in [3.63, 3.8) is 0 Å². The molecule has 11 heteroatoms. The molecule has 0 N–H and O–H groups in total. The average Bonchev–Trinajstić information content (AvgIpc) is 3.14. The summed E-state index contributed by atoms with van der Waals surface area (Å²) in [7, 11) is 0. The van der Waals surface area contributed by atoms with Crippen molar-refractivity contribution in [1.29, 1.82) is 0 Å². The summed E-state index contributed by atoms with van der Waals surface area (Å²) in [5.74, 6) is -1.48. The Hall–Kier alpha value is -3.37. The fourth-order valence-electron chi connectivity index (χ4n) is 2.29. The zero-order valence-corrected chi connectivity index (χ0v) is 14.2. The quantitative estimate of drug-likeness (QED) is 0.436. The van der Waals surface area contributed by atoms with E-state index in [4.69, 9.17) is 9.15 Å². The highest BCUT2D eigenvalue weighted by Crippen LogP contribution is 2.36. The van der Waals surface area contributed by atoms with E-state index in [0.717, 1.165) is 0 Å². The standard InChI is InChI=1S/C18H10F6N2O3/c19-17(20,21)12-6-11(7-13(8-12)18(22,23)24)16(27)28-9-14-25-26-15(29-14)10-4-2-1-3-5-10/h1-8H,9H2. The number of carbonyl (C=O) groups is 1. The van der Waals surface area contributed by atoms with Crippen LogP contribution in [0.25, 0.3) is 11.5 Å². The first kappa shape index (κ1) is 20.4. The van der Waals surface area contributed by atoms with E-state index in [-0.39, 0.29) is 30.0 Å². The van der Waals surface area contributed by atoms with Crippen LogP contribution in [0.5, 0.6) is 0 Å². The third-order valence-corrected chi connectivity index (χ3v) is 3.64. The lowest BCUT2D eigenvalue weighted by atomic mass is 10.0. The van der Waals surface area contributed by atoms with Crippen molar-refractivity contribution in [1.82, 2.24) is 10.2 Å². The van der Waals surface area contributed by atoms with Crippen LogP contribution in [0.2, 0.25) is 0 Å². The van der Waals surface area contributed by atoms with E-state index in [1.54, 1.807) is 30.3 Å². The molecule has 0 bridgehead atoms. The molecule has 0 fully saturated rings. The van der Waals surface area contributed by atoms with Crippen molar-refractivity contribution < 1.29 is 40.3 Å². The van der Waals surface area contributed by atoms with Crippen molar-refractivity contribution in [2.75, 3.05) is 0 Å². The second-order valence-electron chi connectivity index (χ2n) is 5.74. The minimum atomic E-state index is -5.08. The Kier molecular flexibility index (Phi) is 5.31. The second kappa shape index (κ2) is 7.57. The summed E-state index contributed by atoms with van der Waals surface area (Å²) in [5, 5.41) is 7.34. The molecule has 0 aliphatic rings. The molecular formula is C18H10F6N2O3. The molecule has 1 heterocycles. The number of rotatable bonds is 4. The fourth-order valence-corrected chi connectivity index (χ4v) is 2.29. The maximum Gasteiger partial charge on any atom is 0.416 e. The number of esters is 1. The molecule has 152 valence electrons. The van der Waals surface area contributed by atoms with Gasteiger partial charge in [0.1, 0.15) is 0 Å². The molecule has 0 saturated heterocycles. The van der Waals surface area contributed by atoms with E-state index in [9.17, 15) is 31.1 Å². The SMILES string of the molecule is O=C(OCc1nnc(-c2ccccc2)o1)c1cc(C(F)(F)F)cc(C(F)(F)F)c1. The van der Waals surface area contributed by atoms with Crippen molar-refractivity contribution >= 4 is 5.97 Å². The van der Waals surface area contributed by atoms with Gasteiger partial charge in [0.05, 0.1) is 16.7 Å². The minimum absolute atomic E-state index is 0.0824. The van der Waals surface area contributed by atoms with Crippen molar-refractivity contribution in [2.24, 2.45) is 0 Å². The number of carbonyl (C=O) groups excluding carboxylic acids is 1. The Labute approximate surface area is 158 Å². The highest BCUT2D eigenvalue weighted by Gasteiger charge is 2.37. The Balaban J connectivity index is 1.78. The Morgan fingerprint density at radius 2 is 1.48 bits per heavy atom. The predicted molar refractivity (Wildman–Crippen MR) is 85.3 cm³/mol. The second-order valence-corrected chi connectivity index (χ2v) is 5.74. The Morgan fingerprint density at radius 1 is 0.897 bits per heavy atom. The summed E-state index contributed by atoms with van der Waals surface area (Å²) in [6, 6.07) is 9.00. The molecule has 0 atom stereocenters. The smallest absolute Gasteiger partial charge is 0.416 e. The first-order valence-corrected chi connectivity index (χ1v) is 7.88. The molecule has 0 radical (unpaired) electrons. The van der Waals surface area contributed by atoms with E-state index in [1.165, 1.54) is 0 Å². The molecule has 0 aliphatic carbocycles. The summed E-state index contributed by atoms with van der Waals surface area (Å²) in [6.07, 6.45) is -10.2. The van der Waals surface area contributed by atoms with Crippen LogP contribution in [-0.4, -0.2) is 16.2 Å². The van der Waals surface area contributed by atoms with E-state index in [0.29, 0.717) is 5.56 Å². The summed E-state index contributed by atoms with van der Waals surface area (Å²) < 4.78 is 87.2. The number of alkyl halides is 6. The van der Waals surface area contributed by atoms with Gasteiger partial charge < -0.3 is 9.15 Å². The average molecular weight is 416 g/mol. The molecule has 1 aromatic heterocycles. The van der Waals surface area contributed by atoms with Crippen molar-refractivity contribution in [3.05, 3.63) is 71.1 Å². The number of ether oxygens (including phenoxy) is 1. The molecular weight excluding hydrogens is 406 g/mol. The Bertz CT molecular complexity index is 980. The third-order valence-electron chi connectivity index (χ3n) is 3.64. The molecule has 2 aromatic carbocycles. The summed E-state index contributed by atoms with van der Waals surface area (Å²) in [6.45, 7) is -0.629. The van der Waals surface area contributed by atoms with Crippen molar-refractivity contribution in [3.8, 4) is 11.5 Å². The van der Waals surface area contributed by atoms with E-state index in [1.807, 2.05) is 0 Å². The van der Waals surface area contributed by atoms with Crippen LogP contribution in [0.15, 0.2) is 52.9 Å². The largest absolute Gasteiger partial charge is 0.452 e. The molecule has 0 unspecified atom stereocenters. The topological polar surface area (TPSA) is 65.2 Å². The molecule has 0 saturated carbocycles. The Morgan fingerprint density at radius 3 is 2.03 bits per heavy atom. The lowest BCUT2D eigenvalue weighted by molar-refractivity contribution is -0.143. The first-order valence-electron chi connectivity index (χ1n) is 7.88. The molecule has 29 heavy (non-hydrogen) atoms. The number of hydrogen-bond acceptors (Lipinski definition) is 5. The first-order chi connectivity index (χ1) is 13.5. The normalized spacial score (nSPS) is 12.1. The zero-order chi connectivity index (χ0) is 21.2. The van der Waals surface area contributed by atoms with Crippen LogP contribution in [-0.2, 0) is 23.7 Å². The monoisotopic (exact) mass is 416 g/mol. The number of nitrogens with zero attached hydrogens (tertiary/aromatic N) is 2. The lowest BCUT2D eigenvalue weighted by Gasteiger charge is -2.13. The number of aromatic nitrogens is 2. The van der Waals surface area contributed by atoms with Crippen LogP contribution < -0.4 is 0 Å². The van der Waals surface area contributed by atoms with Crippen LogP contribution in [0.4, 0.5) is 26.3 Å². The van der Waals surface area contributed by atoms with Gasteiger partial charge in [-0.1, -0.05) is 18.2 Å². The van der Waals surface area contributed by atoms with Gasteiger partial charge in [0.15, 0.2) is 6.61 Å². The fraction of sp³-hybridized carbons (Fsp3) is 0.167. The van der Waals surface area contributed by atoms with E-state index >= 15 is 0 Å². The molecule has 0 aliphatic heterocycles. The van der Waals surface area contributed by atoms with Gasteiger partial charge in [0, 0.05) is 5.56 Å². The van der Waals surface area contributed by atoms with Crippen LogP contribution in [0.3, 0.4) is 0 Å². The van der Waals surface area contributed by atoms with Crippen molar-refractivity contribution in [2.45, 2.75) is 19.0 Å². The highest BCUT2D eigenvalue weighted by atomic mass is 19.4. The summed E-state index contributed by atoms with van der Waals surface area (Å²) in [5.41, 5.74) is -3.58. The van der Waals surface area contributed by atoms with Crippen LogP contribution >= 0.6 is 0 Å². The number of halogens is 6. The van der Waals surface area contributed by atoms with Gasteiger partial charge in [-0.15, -0.1) is 10.2 Å². The van der Waals surface area contributed by atoms with E-state index < -0.39 is 41.6 Å². The molecule has 5 nitrogen and oxygen atoms in total. The van der Waals surface area contributed by atoms with Gasteiger partial charge in [0.25, 0.3) is 5.89 Å². The summed E-state index contributed by atoms with van der Waals surface area (Å²) in [4.78, 5) is 12.0. The van der Waals surface area contributed by atoms with Gasteiger partial charge in [-0.05, 0) is 30.3 Å².